The van der Waals surface area contributed by atoms with Crippen LogP contribution in [0.5, 0.6) is 5.75 Å². The van der Waals surface area contributed by atoms with Crippen LogP contribution < -0.4 is 10.1 Å². The lowest BCUT2D eigenvalue weighted by Gasteiger charge is -2.22. The van der Waals surface area contributed by atoms with Gasteiger partial charge in [0.25, 0.3) is 0 Å². The van der Waals surface area contributed by atoms with E-state index in [1.165, 1.54) is 6.07 Å². The monoisotopic (exact) mass is 371 g/mol. The molecule has 112 valence electrons. The molecule has 0 amide bonds. The molecule has 0 aliphatic heterocycles. The number of benzene rings is 2. The van der Waals surface area contributed by atoms with Gasteiger partial charge in [-0.15, -0.1) is 0 Å². The van der Waals surface area contributed by atoms with Gasteiger partial charge in [0.1, 0.15) is 11.6 Å². The Labute approximate surface area is 137 Å². The van der Waals surface area contributed by atoms with E-state index in [1.54, 1.807) is 19.2 Å². The molecule has 0 bridgehead atoms. The van der Waals surface area contributed by atoms with E-state index in [0.29, 0.717) is 22.9 Å². The molecule has 2 nitrogen and oxygen atoms in total. The zero-order valence-corrected chi connectivity index (χ0v) is 14.1. The van der Waals surface area contributed by atoms with Crippen molar-refractivity contribution in [3.63, 3.8) is 0 Å². The average molecular weight is 373 g/mol. The van der Waals surface area contributed by atoms with Crippen molar-refractivity contribution in [1.82, 2.24) is 5.32 Å². The van der Waals surface area contributed by atoms with E-state index in [1.807, 2.05) is 25.1 Å². The van der Waals surface area contributed by atoms with Gasteiger partial charge < -0.3 is 10.1 Å². The molecule has 1 unspecified atom stereocenters. The first-order chi connectivity index (χ1) is 10.1. The second-order valence-electron chi connectivity index (χ2n) is 4.47. The molecule has 2 aromatic rings. The van der Waals surface area contributed by atoms with Gasteiger partial charge in [0.2, 0.25) is 0 Å². The standard InChI is InChI=1S/C16H16BrClFNO/c1-3-21-14-8-7-10(17)9-11(14)16(20-2)15-12(18)5-4-6-13(15)19/h4-9,16,20H,3H2,1-2H3. The molecule has 1 N–H and O–H groups in total. The zero-order chi connectivity index (χ0) is 15.4. The van der Waals surface area contributed by atoms with Crippen molar-refractivity contribution in [3.8, 4) is 5.75 Å². The molecular weight excluding hydrogens is 357 g/mol. The first-order valence-electron chi connectivity index (χ1n) is 6.61. The highest BCUT2D eigenvalue weighted by molar-refractivity contribution is 9.10. The van der Waals surface area contributed by atoms with Crippen LogP contribution >= 0.6 is 27.5 Å². The molecule has 2 aromatic carbocycles. The van der Waals surface area contributed by atoms with Gasteiger partial charge in [0, 0.05) is 20.6 Å². The molecule has 0 aliphatic rings. The summed E-state index contributed by atoms with van der Waals surface area (Å²) in [4.78, 5) is 0. The van der Waals surface area contributed by atoms with Crippen LogP contribution in [0, 0.1) is 5.82 Å². The molecule has 0 spiro atoms. The highest BCUT2D eigenvalue weighted by atomic mass is 79.9. The van der Waals surface area contributed by atoms with Crippen molar-refractivity contribution < 1.29 is 9.13 Å². The van der Waals surface area contributed by atoms with Gasteiger partial charge in [-0.05, 0) is 44.3 Å². The molecule has 0 saturated carbocycles. The summed E-state index contributed by atoms with van der Waals surface area (Å²) in [5, 5.41) is 3.50. The van der Waals surface area contributed by atoms with Crippen LogP contribution in [0.2, 0.25) is 5.02 Å². The lowest BCUT2D eigenvalue weighted by Crippen LogP contribution is -2.20. The maximum atomic E-state index is 14.2. The van der Waals surface area contributed by atoms with E-state index >= 15 is 0 Å². The van der Waals surface area contributed by atoms with Crippen molar-refractivity contribution in [3.05, 3.63) is 62.8 Å². The molecular formula is C16H16BrClFNO. The van der Waals surface area contributed by atoms with Crippen LogP contribution in [0.15, 0.2) is 40.9 Å². The largest absolute Gasteiger partial charge is 0.494 e. The fourth-order valence-electron chi connectivity index (χ4n) is 2.27. The van der Waals surface area contributed by atoms with Crippen LogP contribution in [0.3, 0.4) is 0 Å². The van der Waals surface area contributed by atoms with E-state index in [9.17, 15) is 4.39 Å². The molecule has 0 aromatic heterocycles. The third-order valence-corrected chi connectivity index (χ3v) is 3.98. The summed E-state index contributed by atoms with van der Waals surface area (Å²) < 4.78 is 20.8. The number of rotatable bonds is 5. The van der Waals surface area contributed by atoms with E-state index in [2.05, 4.69) is 21.2 Å². The molecule has 0 radical (unpaired) electrons. The Bertz CT molecular complexity index is 615. The predicted octanol–water partition coefficient (Wildman–Crippen LogP) is 4.95. The van der Waals surface area contributed by atoms with Gasteiger partial charge in [0.15, 0.2) is 0 Å². The normalized spacial score (nSPS) is 12.2. The van der Waals surface area contributed by atoms with Gasteiger partial charge in [-0.25, -0.2) is 4.39 Å². The first kappa shape index (κ1) is 16.3. The van der Waals surface area contributed by atoms with E-state index < -0.39 is 6.04 Å². The lowest BCUT2D eigenvalue weighted by molar-refractivity contribution is 0.333. The maximum absolute atomic E-state index is 14.2. The Morgan fingerprint density at radius 3 is 2.71 bits per heavy atom. The van der Waals surface area contributed by atoms with E-state index in [4.69, 9.17) is 16.3 Å². The van der Waals surface area contributed by atoms with Crippen LogP contribution in [-0.4, -0.2) is 13.7 Å². The minimum Gasteiger partial charge on any atom is -0.494 e. The molecule has 0 fully saturated rings. The summed E-state index contributed by atoms with van der Waals surface area (Å²) in [7, 11) is 1.77. The van der Waals surface area contributed by atoms with Crippen molar-refractivity contribution in [2.24, 2.45) is 0 Å². The lowest BCUT2D eigenvalue weighted by atomic mass is 9.97. The van der Waals surface area contributed by atoms with Crippen molar-refractivity contribution >= 4 is 27.5 Å². The Hall–Kier alpha value is -1.10. The summed E-state index contributed by atoms with van der Waals surface area (Å²) >= 11 is 9.63. The molecule has 5 heteroatoms. The van der Waals surface area contributed by atoms with Crippen molar-refractivity contribution in [1.29, 1.82) is 0 Å². The predicted molar refractivity (Wildman–Crippen MR) is 87.6 cm³/mol. The van der Waals surface area contributed by atoms with Crippen molar-refractivity contribution in [2.75, 3.05) is 13.7 Å². The third-order valence-electron chi connectivity index (χ3n) is 3.16. The van der Waals surface area contributed by atoms with Crippen LogP contribution in [0.1, 0.15) is 24.1 Å². The minimum atomic E-state index is -0.391. The van der Waals surface area contributed by atoms with Crippen LogP contribution in [-0.2, 0) is 0 Å². The zero-order valence-electron chi connectivity index (χ0n) is 11.8. The van der Waals surface area contributed by atoms with Gasteiger partial charge in [-0.3, -0.25) is 0 Å². The number of hydrogen-bond donors (Lipinski definition) is 1. The number of nitrogens with one attached hydrogen (secondary N) is 1. The first-order valence-corrected chi connectivity index (χ1v) is 7.79. The number of halogens is 3. The third kappa shape index (κ3) is 3.57. The minimum absolute atomic E-state index is 0.343. The Morgan fingerprint density at radius 1 is 1.33 bits per heavy atom. The van der Waals surface area contributed by atoms with Gasteiger partial charge in [-0.1, -0.05) is 33.6 Å². The SMILES string of the molecule is CCOc1ccc(Br)cc1C(NC)c1c(F)cccc1Cl. The van der Waals surface area contributed by atoms with Gasteiger partial charge >= 0.3 is 0 Å². The molecule has 0 heterocycles. The van der Waals surface area contributed by atoms with Crippen LogP contribution in [0.4, 0.5) is 4.39 Å². The molecule has 21 heavy (non-hydrogen) atoms. The Balaban J connectivity index is 2.58. The second-order valence-corrected chi connectivity index (χ2v) is 5.80. The number of hydrogen-bond acceptors (Lipinski definition) is 2. The highest BCUT2D eigenvalue weighted by Gasteiger charge is 2.22. The molecule has 0 saturated heterocycles. The summed E-state index contributed by atoms with van der Waals surface area (Å²) in [6, 6.07) is 9.96. The van der Waals surface area contributed by atoms with Gasteiger partial charge in [-0.2, -0.15) is 0 Å². The fourth-order valence-corrected chi connectivity index (χ4v) is 2.92. The number of ether oxygens (including phenoxy) is 1. The quantitative estimate of drug-likeness (QED) is 0.802. The average Bonchev–Trinajstić information content (AvgIpc) is 2.45. The summed E-state index contributed by atoms with van der Waals surface area (Å²) in [6.07, 6.45) is 0. The van der Waals surface area contributed by atoms with Crippen molar-refractivity contribution in [2.45, 2.75) is 13.0 Å². The van der Waals surface area contributed by atoms with Crippen LogP contribution in [0.25, 0.3) is 0 Å². The maximum Gasteiger partial charge on any atom is 0.129 e. The highest BCUT2D eigenvalue weighted by Crippen LogP contribution is 2.36. The summed E-state index contributed by atoms with van der Waals surface area (Å²) in [5.41, 5.74) is 1.25. The fraction of sp³-hybridized carbons (Fsp3) is 0.250. The smallest absolute Gasteiger partial charge is 0.129 e. The Kier molecular flexibility index (Phi) is 5.62. The van der Waals surface area contributed by atoms with E-state index in [0.717, 1.165) is 10.0 Å². The topological polar surface area (TPSA) is 21.3 Å². The summed E-state index contributed by atoms with van der Waals surface area (Å²) in [5.74, 6) is 0.364. The second kappa shape index (κ2) is 7.25. The molecule has 2 rings (SSSR count). The molecule has 1 atom stereocenters. The Morgan fingerprint density at radius 2 is 2.10 bits per heavy atom. The van der Waals surface area contributed by atoms with E-state index in [-0.39, 0.29) is 5.82 Å². The molecule has 0 aliphatic carbocycles. The summed E-state index contributed by atoms with van der Waals surface area (Å²) in [6.45, 7) is 2.45. The van der Waals surface area contributed by atoms with Gasteiger partial charge in [0.05, 0.1) is 12.6 Å².